The number of hydrogen-bond acceptors (Lipinski definition) is 6. The molecular formula is C25H22BrN5O2S. The van der Waals surface area contributed by atoms with E-state index in [0.717, 1.165) is 27.0 Å². The molecule has 0 spiro atoms. The van der Waals surface area contributed by atoms with Crippen molar-refractivity contribution in [1.29, 1.82) is 0 Å². The predicted molar refractivity (Wildman–Crippen MR) is 139 cm³/mol. The van der Waals surface area contributed by atoms with Crippen LogP contribution in [0.2, 0.25) is 0 Å². The molecule has 0 aliphatic heterocycles. The third kappa shape index (κ3) is 5.73. The van der Waals surface area contributed by atoms with Crippen molar-refractivity contribution >= 4 is 39.3 Å². The fourth-order valence-electron chi connectivity index (χ4n) is 3.19. The molecule has 0 radical (unpaired) electrons. The van der Waals surface area contributed by atoms with Crippen molar-refractivity contribution in [3.05, 3.63) is 88.9 Å². The van der Waals surface area contributed by atoms with Crippen LogP contribution in [-0.2, 0) is 4.79 Å². The standard InChI is InChI=1S/C25H22BrN5O2S/c1-17(19-7-6-8-20(26)15-19)27-28-23(32)16-34-25-30-29-24(18-11-13-22(33-2)14-12-18)31(25)21-9-4-3-5-10-21/h3-15H,16H2,1-2H3,(H,28,32)/b27-17-. The smallest absolute Gasteiger partial charge is 0.250 e. The topological polar surface area (TPSA) is 81.4 Å². The quantitative estimate of drug-likeness (QED) is 0.187. The van der Waals surface area contributed by atoms with E-state index in [1.54, 1.807) is 7.11 Å². The summed E-state index contributed by atoms with van der Waals surface area (Å²) in [5.41, 5.74) is 6.06. The number of nitrogens with one attached hydrogen (secondary N) is 1. The van der Waals surface area contributed by atoms with Crippen LogP contribution in [0.1, 0.15) is 12.5 Å². The normalized spacial score (nSPS) is 11.3. The number of carbonyl (C=O) groups is 1. The molecule has 4 rings (SSSR count). The fourth-order valence-corrected chi connectivity index (χ4v) is 4.33. The summed E-state index contributed by atoms with van der Waals surface area (Å²) in [6.07, 6.45) is 0. The summed E-state index contributed by atoms with van der Waals surface area (Å²) in [5.74, 6) is 1.36. The summed E-state index contributed by atoms with van der Waals surface area (Å²) in [6.45, 7) is 1.85. The van der Waals surface area contributed by atoms with Crippen LogP contribution in [-0.4, -0.2) is 39.2 Å². The van der Waals surface area contributed by atoms with Gasteiger partial charge in [0.2, 0.25) is 0 Å². The summed E-state index contributed by atoms with van der Waals surface area (Å²) in [4.78, 5) is 12.5. The third-order valence-electron chi connectivity index (χ3n) is 4.92. The number of aromatic nitrogens is 3. The zero-order valence-electron chi connectivity index (χ0n) is 18.6. The molecule has 172 valence electrons. The minimum Gasteiger partial charge on any atom is -0.497 e. The summed E-state index contributed by atoms with van der Waals surface area (Å²) in [5, 5.41) is 13.6. The number of hydrogen-bond donors (Lipinski definition) is 1. The molecule has 0 atom stereocenters. The fraction of sp³-hybridized carbons (Fsp3) is 0.120. The molecule has 0 unspecified atom stereocenters. The van der Waals surface area contributed by atoms with Crippen molar-refractivity contribution in [1.82, 2.24) is 20.2 Å². The van der Waals surface area contributed by atoms with E-state index in [1.165, 1.54) is 11.8 Å². The Morgan fingerprint density at radius 1 is 1.06 bits per heavy atom. The molecule has 0 aliphatic carbocycles. The van der Waals surface area contributed by atoms with Crippen molar-refractivity contribution in [3.63, 3.8) is 0 Å². The van der Waals surface area contributed by atoms with Crippen LogP contribution in [0.25, 0.3) is 17.1 Å². The lowest BCUT2D eigenvalue weighted by molar-refractivity contribution is -0.118. The molecule has 0 saturated heterocycles. The molecule has 9 heteroatoms. The first-order valence-corrected chi connectivity index (χ1v) is 12.2. The van der Waals surface area contributed by atoms with E-state index < -0.39 is 0 Å². The molecule has 1 N–H and O–H groups in total. The number of amides is 1. The van der Waals surface area contributed by atoms with E-state index in [9.17, 15) is 4.79 Å². The maximum atomic E-state index is 12.5. The van der Waals surface area contributed by atoms with E-state index in [-0.39, 0.29) is 11.7 Å². The van der Waals surface area contributed by atoms with Gasteiger partial charge in [0.15, 0.2) is 11.0 Å². The second-order valence-electron chi connectivity index (χ2n) is 7.24. The number of thioether (sulfide) groups is 1. The van der Waals surface area contributed by atoms with Crippen molar-refractivity contribution < 1.29 is 9.53 Å². The van der Waals surface area contributed by atoms with Crippen LogP contribution < -0.4 is 10.2 Å². The first kappa shape index (κ1) is 23.7. The molecule has 3 aromatic carbocycles. The van der Waals surface area contributed by atoms with Gasteiger partial charge < -0.3 is 4.74 Å². The predicted octanol–water partition coefficient (Wildman–Crippen LogP) is 5.34. The lowest BCUT2D eigenvalue weighted by Crippen LogP contribution is -2.21. The molecule has 34 heavy (non-hydrogen) atoms. The number of hydrazone groups is 1. The van der Waals surface area contributed by atoms with Gasteiger partial charge >= 0.3 is 0 Å². The van der Waals surface area contributed by atoms with Gasteiger partial charge in [0, 0.05) is 15.7 Å². The molecule has 1 amide bonds. The Kier molecular flexibility index (Phi) is 7.76. The van der Waals surface area contributed by atoms with Crippen molar-refractivity contribution in [2.24, 2.45) is 5.10 Å². The first-order chi connectivity index (χ1) is 16.5. The summed E-state index contributed by atoms with van der Waals surface area (Å²) in [6, 6.07) is 25.2. The number of nitrogens with zero attached hydrogens (tertiary/aromatic N) is 4. The second-order valence-corrected chi connectivity index (χ2v) is 9.10. The van der Waals surface area contributed by atoms with Gasteiger partial charge in [-0.15, -0.1) is 10.2 Å². The molecule has 0 aliphatic rings. The lowest BCUT2D eigenvalue weighted by Gasteiger charge is -2.10. The molecule has 0 bridgehead atoms. The summed E-state index contributed by atoms with van der Waals surface area (Å²) in [7, 11) is 1.63. The Morgan fingerprint density at radius 2 is 1.82 bits per heavy atom. The van der Waals surface area contributed by atoms with E-state index in [1.807, 2.05) is 90.4 Å². The van der Waals surface area contributed by atoms with Crippen LogP contribution in [0.3, 0.4) is 0 Å². The van der Waals surface area contributed by atoms with E-state index in [4.69, 9.17) is 4.74 Å². The zero-order chi connectivity index (χ0) is 23.9. The highest BCUT2D eigenvalue weighted by Crippen LogP contribution is 2.29. The number of rotatable bonds is 8. The number of halogens is 1. The average molecular weight is 536 g/mol. The number of ether oxygens (including phenoxy) is 1. The lowest BCUT2D eigenvalue weighted by atomic mass is 10.1. The maximum absolute atomic E-state index is 12.5. The molecule has 0 saturated carbocycles. The minimum atomic E-state index is -0.229. The Morgan fingerprint density at radius 3 is 2.53 bits per heavy atom. The van der Waals surface area contributed by atoms with Gasteiger partial charge in [-0.25, -0.2) is 5.43 Å². The van der Waals surface area contributed by atoms with Gasteiger partial charge in [-0.05, 0) is 61.0 Å². The van der Waals surface area contributed by atoms with Crippen LogP contribution in [0, 0.1) is 0 Å². The third-order valence-corrected chi connectivity index (χ3v) is 6.34. The summed E-state index contributed by atoms with van der Waals surface area (Å²) < 4.78 is 8.15. The van der Waals surface area contributed by atoms with Crippen LogP contribution in [0.15, 0.2) is 93.6 Å². The molecule has 7 nitrogen and oxygen atoms in total. The van der Waals surface area contributed by atoms with Crippen molar-refractivity contribution in [3.8, 4) is 22.8 Å². The molecule has 1 aromatic heterocycles. The van der Waals surface area contributed by atoms with Gasteiger partial charge in [-0.1, -0.05) is 58.0 Å². The first-order valence-electron chi connectivity index (χ1n) is 10.4. The number of methoxy groups -OCH3 is 1. The minimum absolute atomic E-state index is 0.142. The highest BCUT2D eigenvalue weighted by Gasteiger charge is 2.17. The molecule has 1 heterocycles. The monoisotopic (exact) mass is 535 g/mol. The highest BCUT2D eigenvalue weighted by atomic mass is 79.9. The Bertz CT molecular complexity index is 1310. The Hall–Kier alpha value is -3.43. The van der Waals surface area contributed by atoms with Gasteiger partial charge in [-0.3, -0.25) is 9.36 Å². The second kappa shape index (κ2) is 11.1. The average Bonchev–Trinajstić information content (AvgIpc) is 3.30. The number of benzene rings is 3. The highest BCUT2D eigenvalue weighted by molar-refractivity contribution is 9.10. The SMILES string of the molecule is COc1ccc(-c2nnc(SCC(=O)N/N=C(/C)c3cccc(Br)c3)n2-c2ccccc2)cc1. The maximum Gasteiger partial charge on any atom is 0.250 e. The van der Waals surface area contributed by atoms with E-state index in [2.05, 4.69) is 36.7 Å². The van der Waals surface area contributed by atoms with Crippen LogP contribution >= 0.6 is 27.7 Å². The van der Waals surface area contributed by atoms with Gasteiger partial charge in [0.25, 0.3) is 5.91 Å². The summed E-state index contributed by atoms with van der Waals surface area (Å²) >= 11 is 4.74. The van der Waals surface area contributed by atoms with Crippen LogP contribution in [0.5, 0.6) is 5.75 Å². The molecular weight excluding hydrogens is 514 g/mol. The largest absolute Gasteiger partial charge is 0.497 e. The van der Waals surface area contributed by atoms with Gasteiger partial charge in [0.1, 0.15) is 5.75 Å². The van der Waals surface area contributed by atoms with E-state index >= 15 is 0 Å². The van der Waals surface area contributed by atoms with Gasteiger partial charge in [-0.2, -0.15) is 5.10 Å². The zero-order valence-corrected chi connectivity index (χ0v) is 21.0. The number of carbonyl (C=O) groups excluding carboxylic acids is 1. The van der Waals surface area contributed by atoms with Crippen molar-refractivity contribution in [2.75, 3.05) is 12.9 Å². The van der Waals surface area contributed by atoms with E-state index in [0.29, 0.717) is 16.7 Å². The number of para-hydroxylation sites is 1. The molecule has 4 aromatic rings. The van der Waals surface area contributed by atoms with Crippen LogP contribution in [0.4, 0.5) is 0 Å². The Balaban J connectivity index is 1.52. The van der Waals surface area contributed by atoms with Gasteiger partial charge in [0.05, 0.1) is 18.6 Å². The Labute approximate surface area is 210 Å². The molecule has 0 fully saturated rings. The van der Waals surface area contributed by atoms with Crippen molar-refractivity contribution in [2.45, 2.75) is 12.1 Å².